The summed E-state index contributed by atoms with van der Waals surface area (Å²) < 4.78 is 10.6. The number of benzene rings is 1. The van der Waals surface area contributed by atoms with E-state index in [1.165, 1.54) is 0 Å². The fourth-order valence-corrected chi connectivity index (χ4v) is 1.60. The number of ether oxygens (including phenoxy) is 1. The molecule has 0 atom stereocenters. The number of aromatic nitrogens is 2. The predicted octanol–water partition coefficient (Wildman–Crippen LogP) is 2.72. The van der Waals surface area contributed by atoms with E-state index in [4.69, 9.17) is 14.5 Å². The molecule has 98 valence electrons. The molecule has 1 heterocycles. The highest BCUT2D eigenvalue weighted by Gasteiger charge is 2.08. The van der Waals surface area contributed by atoms with Gasteiger partial charge in [-0.3, -0.25) is 0 Å². The molecular weight excluding hydrogens is 242 g/mol. The van der Waals surface area contributed by atoms with Crippen LogP contribution in [0.1, 0.15) is 31.1 Å². The summed E-state index contributed by atoms with van der Waals surface area (Å²) in [5.41, 5.74) is 0.559. The van der Waals surface area contributed by atoms with Crippen LogP contribution in [0.25, 0.3) is 0 Å². The Morgan fingerprint density at radius 1 is 1.42 bits per heavy atom. The zero-order chi connectivity index (χ0) is 13.7. The zero-order valence-electron chi connectivity index (χ0n) is 11.0. The standard InChI is InChI=1S/C14H15N3O2/c1-10(2)6-13-16-14(19-17-13)9-18-12-5-3-4-11(7-12)8-15/h3-5,7,10H,6,9H2,1-2H3. The van der Waals surface area contributed by atoms with Crippen molar-refractivity contribution in [3.05, 3.63) is 41.5 Å². The van der Waals surface area contributed by atoms with Crippen LogP contribution in [0.3, 0.4) is 0 Å². The van der Waals surface area contributed by atoms with Gasteiger partial charge >= 0.3 is 0 Å². The lowest BCUT2D eigenvalue weighted by atomic mass is 10.1. The zero-order valence-corrected chi connectivity index (χ0v) is 11.0. The Labute approximate surface area is 111 Å². The highest BCUT2D eigenvalue weighted by molar-refractivity contribution is 5.36. The topological polar surface area (TPSA) is 71.9 Å². The van der Waals surface area contributed by atoms with Gasteiger partial charge in [-0.1, -0.05) is 25.1 Å². The van der Waals surface area contributed by atoms with E-state index in [2.05, 4.69) is 30.1 Å². The Morgan fingerprint density at radius 2 is 2.26 bits per heavy atom. The largest absolute Gasteiger partial charge is 0.484 e. The number of nitriles is 1. The van der Waals surface area contributed by atoms with Crippen LogP contribution in [0.5, 0.6) is 5.75 Å². The molecule has 0 unspecified atom stereocenters. The first-order chi connectivity index (χ1) is 9.17. The van der Waals surface area contributed by atoms with E-state index < -0.39 is 0 Å². The smallest absolute Gasteiger partial charge is 0.264 e. The molecule has 1 aromatic carbocycles. The van der Waals surface area contributed by atoms with Crippen molar-refractivity contribution >= 4 is 0 Å². The monoisotopic (exact) mass is 257 g/mol. The van der Waals surface area contributed by atoms with Crippen LogP contribution in [0.15, 0.2) is 28.8 Å². The molecule has 2 aromatic rings. The molecule has 0 radical (unpaired) electrons. The fourth-order valence-electron chi connectivity index (χ4n) is 1.60. The van der Waals surface area contributed by atoms with E-state index in [9.17, 15) is 0 Å². The highest BCUT2D eigenvalue weighted by Crippen LogP contribution is 2.14. The third-order valence-electron chi connectivity index (χ3n) is 2.43. The summed E-state index contributed by atoms with van der Waals surface area (Å²) in [5.74, 6) is 2.23. The van der Waals surface area contributed by atoms with Crippen LogP contribution in [0.4, 0.5) is 0 Å². The molecule has 0 spiro atoms. The first kappa shape index (κ1) is 13.1. The average molecular weight is 257 g/mol. The van der Waals surface area contributed by atoms with Gasteiger partial charge in [-0.15, -0.1) is 0 Å². The van der Waals surface area contributed by atoms with E-state index in [0.717, 1.165) is 6.42 Å². The third kappa shape index (κ3) is 3.81. The molecule has 1 aromatic heterocycles. The summed E-state index contributed by atoms with van der Waals surface area (Å²) in [6, 6.07) is 9.01. The van der Waals surface area contributed by atoms with E-state index in [1.54, 1.807) is 24.3 Å². The van der Waals surface area contributed by atoms with Gasteiger partial charge in [0.25, 0.3) is 5.89 Å². The number of hydrogen-bond donors (Lipinski definition) is 0. The van der Waals surface area contributed by atoms with Crippen molar-refractivity contribution in [2.75, 3.05) is 0 Å². The summed E-state index contributed by atoms with van der Waals surface area (Å²) in [7, 11) is 0. The minimum absolute atomic E-state index is 0.208. The summed E-state index contributed by atoms with van der Waals surface area (Å²) >= 11 is 0. The second kappa shape index (κ2) is 6.01. The van der Waals surface area contributed by atoms with Crippen molar-refractivity contribution < 1.29 is 9.26 Å². The number of nitrogens with zero attached hydrogens (tertiary/aromatic N) is 3. The van der Waals surface area contributed by atoms with Crippen LogP contribution < -0.4 is 4.74 Å². The molecule has 19 heavy (non-hydrogen) atoms. The van der Waals surface area contributed by atoms with E-state index >= 15 is 0 Å². The lowest BCUT2D eigenvalue weighted by Gasteiger charge is -2.02. The van der Waals surface area contributed by atoms with Crippen molar-refractivity contribution in [3.63, 3.8) is 0 Å². The maximum atomic E-state index is 8.79. The van der Waals surface area contributed by atoms with Crippen molar-refractivity contribution in [2.45, 2.75) is 26.9 Å². The first-order valence-corrected chi connectivity index (χ1v) is 6.12. The van der Waals surface area contributed by atoms with E-state index in [0.29, 0.717) is 28.9 Å². The maximum absolute atomic E-state index is 8.79. The van der Waals surface area contributed by atoms with Gasteiger partial charge in [0.1, 0.15) is 5.75 Å². The predicted molar refractivity (Wildman–Crippen MR) is 68.3 cm³/mol. The quantitative estimate of drug-likeness (QED) is 0.823. The van der Waals surface area contributed by atoms with Crippen LogP contribution >= 0.6 is 0 Å². The number of rotatable bonds is 5. The van der Waals surface area contributed by atoms with Crippen LogP contribution in [-0.4, -0.2) is 10.1 Å². The van der Waals surface area contributed by atoms with Gasteiger partial charge in [0.2, 0.25) is 0 Å². The van der Waals surface area contributed by atoms with Gasteiger partial charge in [-0.05, 0) is 24.1 Å². The minimum Gasteiger partial charge on any atom is -0.484 e. The molecular formula is C14H15N3O2. The Balaban J connectivity index is 1.95. The molecule has 5 heteroatoms. The van der Waals surface area contributed by atoms with Gasteiger partial charge in [0.15, 0.2) is 12.4 Å². The third-order valence-corrected chi connectivity index (χ3v) is 2.43. The Morgan fingerprint density at radius 3 is 3.00 bits per heavy atom. The fraction of sp³-hybridized carbons (Fsp3) is 0.357. The molecule has 0 N–H and O–H groups in total. The SMILES string of the molecule is CC(C)Cc1noc(COc2cccc(C#N)c2)n1. The average Bonchev–Trinajstić information content (AvgIpc) is 2.83. The molecule has 0 fully saturated rings. The first-order valence-electron chi connectivity index (χ1n) is 6.12. The highest BCUT2D eigenvalue weighted by atomic mass is 16.5. The van der Waals surface area contributed by atoms with E-state index in [1.807, 2.05) is 0 Å². The summed E-state index contributed by atoms with van der Waals surface area (Å²) in [6.07, 6.45) is 0.785. The minimum atomic E-state index is 0.208. The van der Waals surface area contributed by atoms with Crippen LogP contribution in [-0.2, 0) is 13.0 Å². The molecule has 0 aliphatic rings. The Kier molecular flexibility index (Phi) is 4.14. The van der Waals surface area contributed by atoms with Gasteiger partial charge < -0.3 is 9.26 Å². The molecule has 5 nitrogen and oxygen atoms in total. The lowest BCUT2D eigenvalue weighted by Crippen LogP contribution is -1.98. The molecule has 0 amide bonds. The Hall–Kier alpha value is -2.35. The summed E-state index contributed by atoms with van der Waals surface area (Å²) in [4.78, 5) is 4.24. The van der Waals surface area contributed by atoms with Crippen LogP contribution in [0.2, 0.25) is 0 Å². The van der Waals surface area contributed by atoms with Crippen molar-refractivity contribution in [1.82, 2.24) is 10.1 Å². The molecule has 0 aliphatic carbocycles. The normalized spacial score (nSPS) is 10.4. The lowest BCUT2D eigenvalue weighted by molar-refractivity contribution is 0.242. The van der Waals surface area contributed by atoms with Gasteiger partial charge in [0.05, 0.1) is 11.6 Å². The molecule has 0 bridgehead atoms. The van der Waals surface area contributed by atoms with Gasteiger partial charge in [-0.25, -0.2) is 0 Å². The second-order valence-corrected chi connectivity index (χ2v) is 4.63. The molecule has 2 rings (SSSR count). The van der Waals surface area contributed by atoms with Crippen molar-refractivity contribution in [2.24, 2.45) is 5.92 Å². The van der Waals surface area contributed by atoms with E-state index in [-0.39, 0.29) is 6.61 Å². The maximum Gasteiger partial charge on any atom is 0.264 e. The van der Waals surface area contributed by atoms with Crippen LogP contribution in [0, 0.1) is 17.2 Å². The Bertz CT molecular complexity index is 584. The molecule has 0 aliphatic heterocycles. The summed E-state index contributed by atoms with van der Waals surface area (Å²) in [5, 5.41) is 12.7. The van der Waals surface area contributed by atoms with Crippen molar-refractivity contribution in [3.8, 4) is 11.8 Å². The number of hydrogen-bond acceptors (Lipinski definition) is 5. The molecule has 0 saturated heterocycles. The van der Waals surface area contributed by atoms with Gasteiger partial charge in [-0.2, -0.15) is 10.2 Å². The second-order valence-electron chi connectivity index (χ2n) is 4.63. The van der Waals surface area contributed by atoms with Gasteiger partial charge in [0, 0.05) is 6.42 Å². The summed E-state index contributed by atoms with van der Waals surface area (Å²) in [6.45, 7) is 4.40. The van der Waals surface area contributed by atoms with Crippen molar-refractivity contribution in [1.29, 1.82) is 5.26 Å². The molecule has 0 saturated carbocycles.